The smallest absolute Gasteiger partial charge is 0.253 e. The molecule has 16 heavy (non-hydrogen) atoms. The minimum absolute atomic E-state index is 0.224. The first kappa shape index (κ1) is 13.1. The fourth-order valence-electron chi connectivity index (χ4n) is 1.22. The average Bonchev–Trinajstić information content (AvgIpc) is 2.66. The Morgan fingerprint density at radius 3 is 2.56 bits per heavy atom. The van der Waals surface area contributed by atoms with E-state index < -0.39 is 15.9 Å². The number of nitrogens with two attached hydrogens (primary N) is 1. The lowest BCUT2D eigenvalue weighted by Crippen LogP contribution is -2.42. The fourth-order valence-corrected chi connectivity index (χ4v) is 3.95. The summed E-state index contributed by atoms with van der Waals surface area (Å²) in [5.41, 5.74) is 5.04. The number of amides is 1. The molecule has 90 valence electrons. The Morgan fingerprint density at radius 2 is 2.19 bits per heavy atom. The van der Waals surface area contributed by atoms with Gasteiger partial charge in [-0.05, 0) is 25.3 Å². The van der Waals surface area contributed by atoms with Gasteiger partial charge in [0.1, 0.15) is 4.21 Å². The topological polar surface area (TPSA) is 80.5 Å². The van der Waals surface area contributed by atoms with Crippen LogP contribution in [-0.4, -0.2) is 31.2 Å². The Balaban J connectivity index is 3.08. The number of carbonyl (C=O) groups is 1. The van der Waals surface area contributed by atoms with E-state index in [0.29, 0.717) is 0 Å². The number of thiophene rings is 1. The molecule has 0 aromatic carbocycles. The predicted molar refractivity (Wildman–Crippen MR) is 62.5 cm³/mol. The molecule has 0 spiro atoms. The Bertz CT molecular complexity index is 451. The maximum absolute atomic E-state index is 12.1. The van der Waals surface area contributed by atoms with Crippen LogP contribution in [0.2, 0.25) is 0 Å². The van der Waals surface area contributed by atoms with Crippen molar-refractivity contribution in [2.45, 2.75) is 24.1 Å². The molecule has 0 bridgehead atoms. The van der Waals surface area contributed by atoms with E-state index in [1.165, 1.54) is 6.07 Å². The Morgan fingerprint density at radius 1 is 1.56 bits per heavy atom. The second kappa shape index (κ2) is 4.94. The summed E-state index contributed by atoms with van der Waals surface area (Å²) >= 11 is 1.12. The van der Waals surface area contributed by atoms with Crippen LogP contribution in [0.5, 0.6) is 0 Å². The lowest BCUT2D eigenvalue weighted by Gasteiger charge is -2.23. The highest BCUT2D eigenvalue weighted by Crippen LogP contribution is 2.22. The normalized spacial score (nSPS) is 12.2. The standard InChI is InChI=1S/C9H14N2O3S2/c1-7(2)11(6-8(10)12)16(13,14)9-4-3-5-15-9/h3-5,7H,6H2,1-2H3,(H2,10,12). The van der Waals surface area contributed by atoms with Crippen LogP contribution in [0.3, 0.4) is 0 Å². The van der Waals surface area contributed by atoms with Crippen LogP contribution in [0, 0.1) is 0 Å². The van der Waals surface area contributed by atoms with E-state index in [-0.39, 0.29) is 16.8 Å². The molecular weight excluding hydrogens is 248 g/mol. The van der Waals surface area contributed by atoms with Crippen LogP contribution < -0.4 is 5.73 Å². The van der Waals surface area contributed by atoms with E-state index in [4.69, 9.17) is 5.73 Å². The van der Waals surface area contributed by atoms with Gasteiger partial charge >= 0.3 is 0 Å². The van der Waals surface area contributed by atoms with Crippen molar-refractivity contribution >= 4 is 27.3 Å². The van der Waals surface area contributed by atoms with Gasteiger partial charge in [-0.1, -0.05) is 6.07 Å². The molecule has 0 fully saturated rings. The number of sulfonamides is 1. The fraction of sp³-hybridized carbons (Fsp3) is 0.444. The van der Waals surface area contributed by atoms with Crippen LogP contribution in [0.15, 0.2) is 21.7 Å². The molecule has 2 N–H and O–H groups in total. The number of hydrogen-bond donors (Lipinski definition) is 1. The van der Waals surface area contributed by atoms with Crippen molar-refractivity contribution in [3.8, 4) is 0 Å². The van der Waals surface area contributed by atoms with Crippen molar-refractivity contribution in [3.63, 3.8) is 0 Å². The Labute approximate surface area is 98.9 Å². The van der Waals surface area contributed by atoms with Crippen molar-refractivity contribution in [2.24, 2.45) is 5.73 Å². The van der Waals surface area contributed by atoms with Gasteiger partial charge in [-0.3, -0.25) is 4.79 Å². The molecule has 0 radical (unpaired) electrons. The van der Waals surface area contributed by atoms with Gasteiger partial charge in [0.05, 0.1) is 6.54 Å². The zero-order chi connectivity index (χ0) is 12.3. The van der Waals surface area contributed by atoms with E-state index in [0.717, 1.165) is 15.6 Å². The van der Waals surface area contributed by atoms with Crippen molar-refractivity contribution in [2.75, 3.05) is 6.54 Å². The van der Waals surface area contributed by atoms with Crippen molar-refractivity contribution in [1.82, 2.24) is 4.31 Å². The summed E-state index contributed by atoms with van der Waals surface area (Å²) in [7, 11) is -3.60. The maximum atomic E-state index is 12.1. The summed E-state index contributed by atoms with van der Waals surface area (Å²) in [6, 6.07) is 2.86. The molecule has 1 rings (SSSR count). The van der Waals surface area contributed by atoms with Crippen LogP contribution in [0.1, 0.15) is 13.8 Å². The van der Waals surface area contributed by atoms with Crippen LogP contribution >= 0.6 is 11.3 Å². The number of primary amides is 1. The predicted octanol–water partition coefficient (Wildman–Crippen LogP) is 0.633. The summed E-state index contributed by atoms with van der Waals surface area (Å²) in [4.78, 5) is 10.8. The average molecular weight is 262 g/mol. The van der Waals surface area contributed by atoms with E-state index in [1.54, 1.807) is 25.3 Å². The Kier molecular flexibility index (Phi) is 4.06. The summed E-state index contributed by atoms with van der Waals surface area (Å²) in [6.45, 7) is 3.11. The van der Waals surface area contributed by atoms with Crippen LogP contribution in [-0.2, 0) is 14.8 Å². The van der Waals surface area contributed by atoms with Gasteiger partial charge in [-0.15, -0.1) is 11.3 Å². The quantitative estimate of drug-likeness (QED) is 0.845. The zero-order valence-corrected chi connectivity index (χ0v) is 10.7. The molecule has 1 amide bonds. The van der Waals surface area contributed by atoms with Crippen molar-refractivity contribution in [3.05, 3.63) is 17.5 Å². The van der Waals surface area contributed by atoms with Gasteiger partial charge in [0, 0.05) is 6.04 Å². The molecule has 0 aliphatic heterocycles. The highest BCUT2D eigenvalue weighted by Gasteiger charge is 2.28. The van der Waals surface area contributed by atoms with E-state index in [2.05, 4.69) is 0 Å². The molecule has 1 heterocycles. The molecule has 0 saturated heterocycles. The highest BCUT2D eigenvalue weighted by molar-refractivity contribution is 7.91. The zero-order valence-electron chi connectivity index (χ0n) is 9.08. The van der Waals surface area contributed by atoms with Gasteiger partial charge in [-0.2, -0.15) is 4.31 Å². The third-order valence-corrected chi connectivity index (χ3v) is 5.34. The SMILES string of the molecule is CC(C)N(CC(N)=O)S(=O)(=O)c1cccs1. The molecule has 0 aliphatic carbocycles. The van der Waals surface area contributed by atoms with Gasteiger partial charge in [0.2, 0.25) is 5.91 Å². The summed E-state index contributed by atoms with van der Waals surface area (Å²) in [5, 5.41) is 1.68. The minimum Gasteiger partial charge on any atom is -0.369 e. The number of rotatable bonds is 5. The first-order chi connectivity index (χ1) is 7.35. The number of carbonyl (C=O) groups excluding carboxylic acids is 1. The third kappa shape index (κ3) is 2.81. The first-order valence-corrected chi connectivity index (χ1v) is 7.01. The van der Waals surface area contributed by atoms with Crippen LogP contribution in [0.4, 0.5) is 0 Å². The molecular formula is C9H14N2O3S2. The van der Waals surface area contributed by atoms with Crippen molar-refractivity contribution in [1.29, 1.82) is 0 Å². The van der Waals surface area contributed by atoms with Crippen LogP contribution in [0.25, 0.3) is 0 Å². The Hall–Kier alpha value is -0.920. The minimum atomic E-state index is -3.60. The molecule has 0 saturated carbocycles. The van der Waals surface area contributed by atoms with E-state index >= 15 is 0 Å². The van der Waals surface area contributed by atoms with Gasteiger partial charge < -0.3 is 5.73 Å². The molecule has 1 aromatic rings. The molecule has 5 nitrogen and oxygen atoms in total. The highest BCUT2D eigenvalue weighted by atomic mass is 32.2. The monoisotopic (exact) mass is 262 g/mol. The first-order valence-electron chi connectivity index (χ1n) is 4.69. The number of hydrogen-bond acceptors (Lipinski definition) is 4. The second-order valence-electron chi connectivity index (χ2n) is 3.54. The summed E-state index contributed by atoms with van der Waals surface area (Å²) in [6.07, 6.45) is 0. The lowest BCUT2D eigenvalue weighted by atomic mass is 10.4. The van der Waals surface area contributed by atoms with E-state index in [9.17, 15) is 13.2 Å². The molecule has 0 aliphatic rings. The summed E-state index contributed by atoms with van der Waals surface area (Å²) in [5.74, 6) is -0.658. The van der Waals surface area contributed by atoms with Gasteiger partial charge in [-0.25, -0.2) is 8.42 Å². The number of nitrogens with zero attached hydrogens (tertiary/aromatic N) is 1. The van der Waals surface area contributed by atoms with Gasteiger partial charge in [0.25, 0.3) is 10.0 Å². The second-order valence-corrected chi connectivity index (χ2v) is 6.61. The summed E-state index contributed by atoms with van der Waals surface area (Å²) < 4.78 is 25.5. The third-order valence-electron chi connectivity index (χ3n) is 1.95. The lowest BCUT2D eigenvalue weighted by molar-refractivity contribution is -0.118. The molecule has 0 unspecified atom stereocenters. The molecule has 7 heteroatoms. The largest absolute Gasteiger partial charge is 0.369 e. The van der Waals surface area contributed by atoms with Gasteiger partial charge in [0.15, 0.2) is 0 Å². The molecule has 1 aromatic heterocycles. The van der Waals surface area contributed by atoms with Crippen molar-refractivity contribution < 1.29 is 13.2 Å². The van der Waals surface area contributed by atoms with E-state index in [1.807, 2.05) is 0 Å². The molecule has 0 atom stereocenters. The maximum Gasteiger partial charge on any atom is 0.253 e.